The van der Waals surface area contributed by atoms with Crippen molar-refractivity contribution < 1.29 is 14.3 Å². The number of carbonyl (C=O) groups is 1. The van der Waals surface area contributed by atoms with Gasteiger partial charge in [0.25, 0.3) is 5.91 Å². The van der Waals surface area contributed by atoms with Gasteiger partial charge in [-0.2, -0.15) is 0 Å². The van der Waals surface area contributed by atoms with Gasteiger partial charge in [0.05, 0.1) is 18.5 Å². The van der Waals surface area contributed by atoms with E-state index in [0.29, 0.717) is 40.1 Å². The third kappa shape index (κ3) is 4.38. The normalized spacial score (nSPS) is 10.4. The summed E-state index contributed by atoms with van der Waals surface area (Å²) in [5, 5.41) is 0.529. The summed E-state index contributed by atoms with van der Waals surface area (Å²) in [6, 6.07) is 19.9. The van der Waals surface area contributed by atoms with E-state index >= 15 is 0 Å². The molecule has 144 valence electrons. The predicted octanol–water partition coefficient (Wildman–Crippen LogP) is 4.79. The first kappa shape index (κ1) is 19.6. The van der Waals surface area contributed by atoms with E-state index in [9.17, 15) is 4.79 Å². The van der Waals surface area contributed by atoms with Crippen LogP contribution in [0.2, 0.25) is 5.02 Å². The molecule has 6 heteroatoms. The number of ether oxygens (including phenoxy) is 2. The van der Waals surface area contributed by atoms with Crippen LogP contribution in [0.3, 0.4) is 0 Å². The Kier molecular flexibility index (Phi) is 6.06. The summed E-state index contributed by atoms with van der Waals surface area (Å²) in [5.41, 5.74) is 8.40. The SMILES string of the molecule is COc1cc(C(=O)N(C)c2ccc(Cl)cc2OCc2ccccc2)ccc1N. The van der Waals surface area contributed by atoms with Gasteiger partial charge in [0, 0.05) is 23.7 Å². The minimum absolute atomic E-state index is 0.217. The lowest BCUT2D eigenvalue weighted by Gasteiger charge is -2.21. The fourth-order valence-corrected chi connectivity index (χ4v) is 2.93. The number of nitrogens with two attached hydrogens (primary N) is 1. The number of hydrogen-bond donors (Lipinski definition) is 1. The van der Waals surface area contributed by atoms with Crippen molar-refractivity contribution in [1.29, 1.82) is 0 Å². The number of nitrogen functional groups attached to an aromatic ring is 1. The molecule has 0 aliphatic carbocycles. The van der Waals surface area contributed by atoms with Gasteiger partial charge in [-0.1, -0.05) is 41.9 Å². The maximum atomic E-state index is 13.0. The fraction of sp³-hybridized carbons (Fsp3) is 0.136. The molecule has 0 atom stereocenters. The van der Waals surface area contributed by atoms with Crippen LogP contribution in [-0.2, 0) is 6.61 Å². The highest BCUT2D eigenvalue weighted by Gasteiger charge is 2.19. The smallest absolute Gasteiger partial charge is 0.258 e. The number of nitrogens with zero attached hydrogens (tertiary/aromatic N) is 1. The fourth-order valence-electron chi connectivity index (χ4n) is 2.76. The molecular formula is C22H21ClN2O3. The van der Waals surface area contributed by atoms with Crippen molar-refractivity contribution in [2.24, 2.45) is 0 Å². The van der Waals surface area contributed by atoms with E-state index in [1.165, 1.54) is 12.0 Å². The van der Waals surface area contributed by atoms with Crippen LogP contribution in [-0.4, -0.2) is 20.1 Å². The quantitative estimate of drug-likeness (QED) is 0.608. The van der Waals surface area contributed by atoms with Gasteiger partial charge in [-0.15, -0.1) is 0 Å². The van der Waals surface area contributed by atoms with Crippen molar-refractivity contribution in [2.75, 3.05) is 24.8 Å². The first-order valence-electron chi connectivity index (χ1n) is 8.67. The van der Waals surface area contributed by atoms with Crippen LogP contribution in [0, 0.1) is 0 Å². The highest BCUT2D eigenvalue weighted by molar-refractivity contribution is 6.30. The molecule has 3 aromatic rings. The van der Waals surface area contributed by atoms with Gasteiger partial charge in [-0.3, -0.25) is 4.79 Å². The molecule has 3 rings (SSSR count). The third-order valence-electron chi connectivity index (χ3n) is 4.31. The standard InChI is InChI=1S/C22H21ClN2O3/c1-25(22(26)16-8-10-18(24)20(12-16)27-2)19-11-9-17(23)13-21(19)28-14-15-6-4-3-5-7-15/h3-13H,14,24H2,1-2H3. The molecule has 0 spiro atoms. The lowest BCUT2D eigenvalue weighted by Crippen LogP contribution is -2.26. The zero-order valence-corrected chi connectivity index (χ0v) is 16.4. The highest BCUT2D eigenvalue weighted by atomic mass is 35.5. The molecule has 3 aromatic carbocycles. The number of rotatable bonds is 6. The van der Waals surface area contributed by atoms with Crippen molar-refractivity contribution in [3.63, 3.8) is 0 Å². The van der Waals surface area contributed by atoms with Crippen molar-refractivity contribution >= 4 is 28.9 Å². The summed E-state index contributed by atoms with van der Waals surface area (Å²) in [6.45, 7) is 0.367. The average Bonchev–Trinajstić information content (AvgIpc) is 2.72. The van der Waals surface area contributed by atoms with Crippen LogP contribution >= 0.6 is 11.6 Å². The maximum absolute atomic E-state index is 13.0. The topological polar surface area (TPSA) is 64.8 Å². The van der Waals surface area contributed by atoms with Gasteiger partial charge in [0.15, 0.2) is 0 Å². The molecular weight excluding hydrogens is 376 g/mol. The Morgan fingerprint density at radius 2 is 1.79 bits per heavy atom. The minimum Gasteiger partial charge on any atom is -0.495 e. The average molecular weight is 397 g/mol. The number of hydrogen-bond acceptors (Lipinski definition) is 4. The van der Waals surface area contributed by atoms with Crippen molar-refractivity contribution in [3.8, 4) is 11.5 Å². The van der Waals surface area contributed by atoms with Crippen LogP contribution < -0.4 is 20.1 Å². The molecule has 0 aromatic heterocycles. The molecule has 2 N–H and O–H groups in total. The number of carbonyl (C=O) groups excluding carboxylic acids is 1. The van der Waals surface area contributed by atoms with Crippen molar-refractivity contribution in [2.45, 2.75) is 6.61 Å². The summed E-state index contributed by atoms with van der Waals surface area (Å²) in [5.74, 6) is 0.760. The molecule has 28 heavy (non-hydrogen) atoms. The summed E-state index contributed by atoms with van der Waals surface area (Å²) in [6.07, 6.45) is 0. The Bertz CT molecular complexity index is 977. The maximum Gasteiger partial charge on any atom is 0.258 e. The van der Waals surface area contributed by atoms with Gasteiger partial charge in [0.1, 0.15) is 18.1 Å². The molecule has 0 saturated carbocycles. The van der Waals surface area contributed by atoms with Crippen molar-refractivity contribution in [3.05, 3.63) is 82.9 Å². The zero-order chi connectivity index (χ0) is 20.1. The monoisotopic (exact) mass is 396 g/mol. The summed E-state index contributed by atoms with van der Waals surface area (Å²) < 4.78 is 11.2. The van der Waals surface area contributed by atoms with E-state index in [1.54, 1.807) is 43.4 Å². The molecule has 0 unspecified atom stereocenters. The number of amides is 1. The Morgan fingerprint density at radius 1 is 1.04 bits per heavy atom. The zero-order valence-electron chi connectivity index (χ0n) is 15.7. The van der Waals surface area contributed by atoms with E-state index in [0.717, 1.165) is 5.56 Å². The van der Waals surface area contributed by atoms with Crippen LogP contribution in [0.4, 0.5) is 11.4 Å². The number of halogens is 1. The summed E-state index contributed by atoms with van der Waals surface area (Å²) >= 11 is 6.14. The van der Waals surface area contributed by atoms with Crippen LogP contribution in [0.15, 0.2) is 66.7 Å². The van der Waals surface area contributed by atoms with Crippen LogP contribution in [0.25, 0.3) is 0 Å². The molecule has 0 radical (unpaired) electrons. The Morgan fingerprint density at radius 3 is 2.50 bits per heavy atom. The molecule has 0 bridgehead atoms. The third-order valence-corrected chi connectivity index (χ3v) is 4.54. The minimum atomic E-state index is -0.217. The van der Waals surface area contributed by atoms with E-state index in [-0.39, 0.29) is 5.91 Å². The lowest BCUT2D eigenvalue weighted by atomic mass is 10.1. The largest absolute Gasteiger partial charge is 0.495 e. The van der Waals surface area contributed by atoms with E-state index in [4.69, 9.17) is 26.8 Å². The van der Waals surface area contributed by atoms with E-state index in [1.807, 2.05) is 30.3 Å². The van der Waals surface area contributed by atoms with Crippen LogP contribution in [0.5, 0.6) is 11.5 Å². The molecule has 5 nitrogen and oxygen atoms in total. The van der Waals surface area contributed by atoms with Crippen LogP contribution in [0.1, 0.15) is 15.9 Å². The molecule has 1 amide bonds. The second-order valence-electron chi connectivity index (χ2n) is 6.21. The molecule has 0 aliphatic heterocycles. The number of benzene rings is 3. The van der Waals surface area contributed by atoms with Gasteiger partial charge in [0.2, 0.25) is 0 Å². The summed E-state index contributed by atoms with van der Waals surface area (Å²) in [7, 11) is 3.20. The van der Waals surface area contributed by atoms with Gasteiger partial charge in [-0.05, 0) is 35.9 Å². The van der Waals surface area contributed by atoms with Gasteiger partial charge >= 0.3 is 0 Å². The van der Waals surface area contributed by atoms with Gasteiger partial charge in [-0.25, -0.2) is 0 Å². The van der Waals surface area contributed by atoms with Gasteiger partial charge < -0.3 is 20.1 Å². The Hall–Kier alpha value is -3.18. The first-order chi connectivity index (χ1) is 13.5. The lowest BCUT2D eigenvalue weighted by molar-refractivity contribution is 0.0992. The number of anilines is 2. The molecule has 0 saturated heterocycles. The second-order valence-corrected chi connectivity index (χ2v) is 6.64. The molecule has 0 heterocycles. The Balaban J connectivity index is 1.86. The molecule has 0 aliphatic rings. The van der Waals surface area contributed by atoms with E-state index in [2.05, 4.69) is 0 Å². The second kappa shape index (κ2) is 8.67. The van der Waals surface area contributed by atoms with Crippen molar-refractivity contribution in [1.82, 2.24) is 0 Å². The highest BCUT2D eigenvalue weighted by Crippen LogP contribution is 2.33. The number of methoxy groups -OCH3 is 1. The first-order valence-corrected chi connectivity index (χ1v) is 9.05. The van der Waals surface area contributed by atoms with E-state index < -0.39 is 0 Å². The Labute approximate surface area is 169 Å². The summed E-state index contributed by atoms with van der Waals surface area (Å²) in [4.78, 5) is 14.5. The molecule has 0 fully saturated rings. The predicted molar refractivity (Wildman–Crippen MR) is 112 cm³/mol.